The first-order chi connectivity index (χ1) is 15.8. The van der Waals surface area contributed by atoms with Crippen LogP contribution in [0.3, 0.4) is 0 Å². The lowest BCUT2D eigenvalue weighted by Gasteiger charge is -2.17. The molecule has 33 heavy (non-hydrogen) atoms. The second kappa shape index (κ2) is 7.86. The molecule has 2 N–H and O–H groups in total. The smallest absolute Gasteiger partial charge is 0.240 e. The molecular weight excluding hydrogens is 447 g/mol. The van der Waals surface area contributed by atoms with Gasteiger partial charge in [0.25, 0.3) is 0 Å². The Hall–Kier alpha value is -3.43. The van der Waals surface area contributed by atoms with Gasteiger partial charge >= 0.3 is 0 Å². The minimum atomic E-state index is -3.52. The van der Waals surface area contributed by atoms with Crippen molar-refractivity contribution in [3.8, 4) is 22.6 Å². The molecule has 7 nitrogen and oxygen atoms in total. The van der Waals surface area contributed by atoms with Gasteiger partial charge in [-0.05, 0) is 61.3 Å². The van der Waals surface area contributed by atoms with E-state index in [0.29, 0.717) is 35.6 Å². The van der Waals surface area contributed by atoms with Crippen molar-refractivity contribution in [2.24, 2.45) is 0 Å². The largest absolute Gasteiger partial charge is 0.454 e. The second-order valence-corrected chi connectivity index (χ2v) is 9.92. The van der Waals surface area contributed by atoms with E-state index in [-0.39, 0.29) is 17.6 Å². The lowest BCUT2D eigenvalue weighted by molar-refractivity contribution is -0.118. The zero-order chi connectivity index (χ0) is 23.2. The van der Waals surface area contributed by atoms with Crippen molar-refractivity contribution in [3.63, 3.8) is 0 Å². The lowest BCUT2D eigenvalue weighted by Crippen LogP contribution is -2.28. The van der Waals surface area contributed by atoms with Crippen molar-refractivity contribution in [2.45, 2.75) is 23.2 Å². The minimum Gasteiger partial charge on any atom is -0.454 e. The van der Waals surface area contributed by atoms with Crippen LogP contribution in [0.5, 0.6) is 11.5 Å². The maximum atomic E-state index is 14.7. The molecule has 0 atom stereocenters. The van der Waals surface area contributed by atoms with E-state index in [1.54, 1.807) is 36.4 Å². The zero-order valence-electron chi connectivity index (χ0n) is 17.7. The van der Waals surface area contributed by atoms with Crippen LogP contribution in [0.1, 0.15) is 18.4 Å². The molecule has 0 spiro atoms. The van der Waals surface area contributed by atoms with E-state index in [0.717, 1.165) is 11.1 Å². The van der Waals surface area contributed by atoms with Crippen molar-refractivity contribution in [1.82, 2.24) is 4.72 Å². The monoisotopic (exact) mass is 468 g/mol. The maximum absolute atomic E-state index is 14.7. The predicted molar refractivity (Wildman–Crippen MR) is 120 cm³/mol. The number of benzene rings is 3. The van der Waals surface area contributed by atoms with E-state index in [1.165, 1.54) is 25.2 Å². The Morgan fingerprint density at radius 2 is 1.67 bits per heavy atom. The number of fused-ring (bicyclic) bond motifs is 1. The highest BCUT2D eigenvalue weighted by atomic mass is 32.2. The standard InChI is InChI=1S/C24H21FN2O5S/c1-26-33(29,30)18-7-5-15(6-8-18)16-3-2-4-17(11-16)27-23(28)24(9-10-24)19-12-21-22(13-20(19)25)32-14-31-21/h2-8,11-13,26H,9-10,14H2,1H3,(H,27,28). The highest BCUT2D eigenvalue weighted by Gasteiger charge is 2.53. The quantitative estimate of drug-likeness (QED) is 0.574. The first-order valence-electron chi connectivity index (χ1n) is 10.4. The molecule has 1 aliphatic carbocycles. The van der Waals surface area contributed by atoms with Gasteiger partial charge in [-0.2, -0.15) is 0 Å². The number of halogens is 1. The number of carbonyl (C=O) groups excluding carboxylic acids is 1. The Kier molecular flexibility index (Phi) is 5.10. The Morgan fingerprint density at radius 1 is 0.970 bits per heavy atom. The van der Waals surface area contributed by atoms with Crippen molar-refractivity contribution in [3.05, 3.63) is 72.0 Å². The van der Waals surface area contributed by atoms with E-state index >= 15 is 0 Å². The van der Waals surface area contributed by atoms with Gasteiger partial charge in [-0.3, -0.25) is 4.79 Å². The summed E-state index contributed by atoms with van der Waals surface area (Å²) in [6, 6.07) is 16.5. The molecule has 1 saturated carbocycles. The molecule has 0 saturated heterocycles. The third-order valence-corrected chi connectivity index (χ3v) is 7.48. The highest BCUT2D eigenvalue weighted by molar-refractivity contribution is 7.89. The van der Waals surface area contributed by atoms with Gasteiger partial charge < -0.3 is 14.8 Å². The van der Waals surface area contributed by atoms with Crippen LogP contribution in [0, 0.1) is 5.82 Å². The van der Waals surface area contributed by atoms with E-state index in [4.69, 9.17) is 9.47 Å². The summed E-state index contributed by atoms with van der Waals surface area (Å²) in [5.41, 5.74) is 1.53. The third-order valence-electron chi connectivity index (χ3n) is 6.05. The van der Waals surface area contributed by atoms with E-state index in [9.17, 15) is 17.6 Å². The summed E-state index contributed by atoms with van der Waals surface area (Å²) in [6.45, 7) is 0.0338. The first-order valence-corrected chi connectivity index (χ1v) is 11.9. The van der Waals surface area contributed by atoms with Gasteiger partial charge in [-0.1, -0.05) is 24.3 Å². The lowest BCUT2D eigenvalue weighted by atomic mass is 9.93. The second-order valence-electron chi connectivity index (χ2n) is 8.03. The molecule has 1 aliphatic heterocycles. The number of hydrogen-bond acceptors (Lipinski definition) is 5. The predicted octanol–water partition coefficient (Wildman–Crippen LogP) is 3.80. The van der Waals surface area contributed by atoms with Gasteiger partial charge in [-0.25, -0.2) is 17.5 Å². The Labute approximate surface area is 190 Å². The Bertz CT molecular complexity index is 1350. The summed E-state index contributed by atoms with van der Waals surface area (Å²) in [5, 5.41) is 2.91. The van der Waals surface area contributed by atoms with Crippen molar-refractivity contribution in [2.75, 3.05) is 19.2 Å². The van der Waals surface area contributed by atoms with Crippen LogP contribution in [0.25, 0.3) is 11.1 Å². The summed E-state index contributed by atoms with van der Waals surface area (Å²) in [6.07, 6.45) is 1.08. The molecule has 5 rings (SSSR count). The fraction of sp³-hybridized carbons (Fsp3) is 0.208. The number of sulfonamides is 1. The topological polar surface area (TPSA) is 93.7 Å². The fourth-order valence-electron chi connectivity index (χ4n) is 4.00. The average molecular weight is 469 g/mol. The SMILES string of the molecule is CNS(=O)(=O)c1ccc(-c2cccc(NC(=O)C3(c4cc5c(cc4F)OCO5)CC3)c2)cc1. The van der Waals surface area contributed by atoms with Crippen LogP contribution < -0.4 is 19.5 Å². The van der Waals surface area contributed by atoms with Gasteiger partial charge in [0.1, 0.15) is 5.82 Å². The first kappa shape index (κ1) is 21.4. The maximum Gasteiger partial charge on any atom is 0.240 e. The Balaban J connectivity index is 1.38. The number of nitrogens with one attached hydrogen (secondary N) is 2. The number of ether oxygens (including phenoxy) is 2. The number of hydrogen-bond donors (Lipinski definition) is 2. The summed E-state index contributed by atoms with van der Waals surface area (Å²) in [5.74, 6) is 0.00930. The molecule has 0 bridgehead atoms. The molecule has 9 heteroatoms. The summed E-state index contributed by atoms with van der Waals surface area (Å²) in [4.78, 5) is 13.3. The molecule has 1 heterocycles. The number of amides is 1. The molecule has 1 amide bonds. The average Bonchev–Trinajstić information content (AvgIpc) is 3.51. The number of rotatable bonds is 6. The molecule has 0 aromatic heterocycles. The van der Waals surface area contributed by atoms with Gasteiger partial charge in [0.2, 0.25) is 22.7 Å². The highest BCUT2D eigenvalue weighted by Crippen LogP contribution is 2.52. The van der Waals surface area contributed by atoms with Crippen LogP contribution in [-0.4, -0.2) is 28.2 Å². The molecule has 1 fully saturated rings. The van der Waals surface area contributed by atoms with Crippen LogP contribution in [0.4, 0.5) is 10.1 Å². The van der Waals surface area contributed by atoms with Crippen LogP contribution >= 0.6 is 0 Å². The Morgan fingerprint density at radius 3 is 2.33 bits per heavy atom. The summed E-state index contributed by atoms with van der Waals surface area (Å²) < 4.78 is 51.4. The van der Waals surface area contributed by atoms with Gasteiger partial charge in [0, 0.05) is 17.3 Å². The van der Waals surface area contributed by atoms with Crippen molar-refractivity contribution < 1.29 is 27.1 Å². The fourth-order valence-corrected chi connectivity index (χ4v) is 4.73. The molecule has 0 radical (unpaired) electrons. The van der Waals surface area contributed by atoms with E-state index in [2.05, 4.69) is 10.0 Å². The molecule has 3 aromatic carbocycles. The van der Waals surface area contributed by atoms with Gasteiger partial charge in [0.15, 0.2) is 11.5 Å². The minimum absolute atomic E-state index is 0.0338. The van der Waals surface area contributed by atoms with E-state index in [1.807, 2.05) is 6.07 Å². The van der Waals surface area contributed by atoms with Gasteiger partial charge in [0.05, 0.1) is 10.3 Å². The van der Waals surface area contributed by atoms with Crippen LogP contribution in [0.2, 0.25) is 0 Å². The molecule has 0 unspecified atom stereocenters. The number of anilines is 1. The van der Waals surface area contributed by atoms with E-state index < -0.39 is 21.3 Å². The third kappa shape index (κ3) is 3.83. The molecule has 170 valence electrons. The summed E-state index contributed by atoms with van der Waals surface area (Å²) in [7, 11) is -2.16. The van der Waals surface area contributed by atoms with Crippen LogP contribution in [0.15, 0.2) is 65.6 Å². The molecule has 2 aliphatic rings. The van der Waals surface area contributed by atoms with Gasteiger partial charge in [-0.15, -0.1) is 0 Å². The van der Waals surface area contributed by atoms with Crippen LogP contribution in [-0.2, 0) is 20.2 Å². The molecular formula is C24H21FN2O5S. The number of carbonyl (C=O) groups is 1. The van der Waals surface area contributed by atoms with Crippen molar-refractivity contribution >= 4 is 21.6 Å². The zero-order valence-corrected chi connectivity index (χ0v) is 18.5. The van der Waals surface area contributed by atoms with Crippen molar-refractivity contribution in [1.29, 1.82) is 0 Å². The summed E-state index contributed by atoms with van der Waals surface area (Å²) >= 11 is 0. The molecule has 3 aromatic rings. The normalized spacial score (nSPS) is 15.8.